The van der Waals surface area contributed by atoms with Crippen LogP contribution in [0, 0.1) is 0 Å². The molecular formula is C30H32Cl3N3O4S. The molecule has 0 aliphatic heterocycles. The predicted molar refractivity (Wildman–Crippen MR) is 163 cm³/mol. The van der Waals surface area contributed by atoms with Crippen LogP contribution in [-0.2, 0) is 32.6 Å². The van der Waals surface area contributed by atoms with Crippen LogP contribution < -0.4 is 5.32 Å². The Morgan fingerprint density at radius 2 is 1.56 bits per heavy atom. The minimum Gasteiger partial charge on any atom is -0.352 e. The predicted octanol–water partition coefficient (Wildman–Crippen LogP) is 5.97. The van der Waals surface area contributed by atoms with Gasteiger partial charge in [-0.05, 0) is 60.4 Å². The SMILES string of the molecule is CN(CC(=O)N(Cc1ccc(Cl)c(Cl)c1)[C@H](Cc1ccccc1)C(=O)NC1CCCC1)S(=O)(=O)c1ccc(Cl)cc1. The van der Waals surface area contributed by atoms with Crippen molar-refractivity contribution >= 4 is 56.6 Å². The summed E-state index contributed by atoms with van der Waals surface area (Å²) in [4.78, 5) is 29.2. The number of sulfonamides is 1. The van der Waals surface area contributed by atoms with Gasteiger partial charge in [-0.15, -0.1) is 0 Å². The first-order valence-corrected chi connectivity index (χ1v) is 15.9. The summed E-state index contributed by atoms with van der Waals surface area (Å²) in [7, 11) is -2.67. The third-order valence-corrected chi connectivity index (χ3v) is 10.00. The van der Waals surface area contributed by atoms with E-state index in [1.807, 2.05) is 30.3 Å². The van der Waals surface area contributed by atoms with E-state index in [-0.39, 0.29) is 29.8 Å². The Balaban J connectivity index is 1.67. The fourth-order valence-electron chi connectivity index (χ4n) is 4.91. The van der Waals surface area contributed by atoms with Gasteiger partial charge >= 0.3 is 0 Å². The number of rotatable bonds is 11. The highest BCUT2D eigenvalue weighted by molar-refractivity contribution is 7.89. The van der Waals surface area contributed by atoms with Crippen molar-refractivity contribution < 1.29 is 18.0 Å². The zero-order valence-corrected chi connectivity index (χ0v) is 25.7. The normalized spacial score (nSPS) is 14.7. The molecule has 11 heteroatoms. The van der Waals surface area contributed by atoms with E-state index in [0.29, 0.717) is 20.6 Å². The third kappa shape index (κ3) is 8.23. The maximum atomic E-state index is 14.0. The summed E-state index contributed by atoms with van der Waals surface area (Å²) >= 11 is 18.3. The molecule has 0 spiro atoms. The van der Waals surface area contributed by atoms with E-state index in [9.17, 15) is 18.0 Å². The number of carbonyl (C=O) groups is 2. The highest BCUT2D eigenvalue weighted by atomic mass is 35.5. The molecule has 0 unspecified atom stereocenters. The van der Waals surface area contributed by atoms with Crippen molar-refractivity contribution in [2.24, 2.45) is 0 Å². The lowest BCUT2D eigenvalue weighted by Crippen LogP contribution is -2.54. The van der Waals surface area contributed by atoms with Crippen molar-refractivity contribution in [3.8, 4) is 0 Å². The molecule has 0 saturated heterocycles. The fraction of sp³-hybridized carbons (Fsp3) is 0.333. The number of benzene rings is 3. The number of halogens is 3. The maximum Gasteiger partial charge on any atom is 0.243 e. The van der Waals surface area contributed by atoms with E-state index in [2.05, 4.69) is 5.32 Å². The van der Waals surface area contributed by atoms with Gasteiger partial charge in [-0.1, -0.05) is 84.0 Å². The molecule has 218 valence electrons. The Labute approximate surface area is 256 Å². The molecule has 1 N–H and O–H groups in total. The fourth-order valence-corrected chi connectivity index (χ4v) is 6.48. The molecule has 41 heavy (non-hydrogen) atoms. The molecule has 0 heterocycles. The van der Waals surface area contributed by atoms with Crippen molar-refractivity contribution in [3.05, 3.63) is 99.0 Å². The van der Waals surface area contributed by atoms with Crippen LogP contribution in [0.5, 0.6) is 0 Å². The van der Waals surface area contributed by atoms with Gasteiger partial charge in [0.15, 0.2) is 0 Å². The Bertz CT molecular complexity index is 1460. The Hall–Kier alpha value is -2.62. The molecule has 4 rings (SSSR count). The molecule has 1 aliphatic carbocycles. The number of amides is 2. The highest BCUT2D eigenvalue weighted by Gasteiger charge is 2.34. The van der Waals surface area contributed by atoms with Gasteiger partial charge in [-0.2, -0.15) is 4.31 Å². The van der Waals surface area contributed by atoms with Gasteiger partial charge < -0.3 is 10.2 Å². The third-order valence-electron chi connectivity index (χ3n) is 7.19. The van der Waals surface area contributed by atoms with Gasteiger partial charge in [-0.3, -0.25) is 9.59 Å². The standard InChI is InChI=1S/C30H32Cl3N3O4S/c1-35(41(39,40)25-14-12-23(31)13-15-25)20-29(37)36(19-22-11-16-26(32)27(33)17-22)28(18-21-7-3-2-4-8-21)30(38)34-24-9-5-6-10-24/h2-4,7-8,11-17,24,28H,5-6,9-10,18-20H2,1H3,(H,34,38)/t28-/m1/s1. The smallest absolute Gasteiger partial charge is 0.243 e. The molecule has 1 atom stereocenters. The van der Waals surface area contributed by atoms with Crippen LogP contribution in [0.2, 0.25) is 15.1 Å². The Kier molecular flexibility index (Phi) is 10.7. The summed E-state index contributed by atoms with van der Waals surface area (Å²) in [5.74, 6) is -0.809. The van der Waals surface area contributed by atoms with Crippen LogP contribution in [0.15, 0.2) is 77.7 Å². The molecule has 0 bridgehead atoms. The summed E-state index contributed by atoms with van der Waals surface area (Å²) < 4.78 is 27.5. The van der Waals surface area contributed by atoms with E-state index in [4.69, 9.17) is 34.8 Å². The van der Waals surface area contributed by atoms with Crippen molar-refractivity contribution in [1.29, 1.82) is 0 Å². The van der Waals surface area contributed by atoms with E-state index in [0.717, 1.165) is 35.6 Å². The number of carbonyl (C=O) groups excluding carboxylic acids is 2. The first-order valence-electron chi connectivity index (χ1n) is 13.3. The topological polar surface area (TPSA) is 86.8 Å². The van der Waals surface area contributed by atoms with Gasteiger partial charge in [0.05, 0.1) is 21.5 Å². The average Bonchev–Trinajstić information content (AvgIpc) is 3.46. The zero-order chi connectivity index (χ0) is 29.6. The molecule has 1 saturated carbocycles. The maximum absolute atomic E-state index is 14.0. The van der Waals surface area contributed by atoms with Crippen LogP contribution in [0.4, 0.5) is 0 Å². The van der Waals surface area contributed by atoms with E-state index >= 15 is 0 Å². The number of hydrogen-bond donors (Lipinski definition) is 1. The second-order valence-electron chi connectivity index (χ2n) is 10.2. The molecule has 7 nitrogen and oxygen atoms in total. The van der Waals surface area contributed by atoms with E-state index < -0.39 is 28.5 Å². The van der Waals surface area contributed by atoms with Crippen LogP contribution in [0.1, 0.15) is 36.8 Å². The van der Waals surface area contributed by atoms with Crippen molar-refractivity contribution in [2.45, 2.75) is 55.6 Å². The summed E-state index contributed by atoms with van der Waals surface area (Å²) in [6, 6.07) is 19.3. The lowest BCUT2D eigenvalue weighted by molar-refractivity contribution is -0.141. The summed E-state index contributed by atoms with van der Waals surface area (Å²) in [5, 5.41) is 4.20. The molecule has 1 aliphatic rings. The lowest BCUT2D eigenvalue weighted by atomic mass is 10.0. The van der Waals surface area contributed by atoms with Crippen LogP contribution in [0.3, 0.4) is 0 Å². The van der Waals surface area contributed by atoms with Crippen molar-refractivity contribution in [1.82, 2.24) is 14.5 Å². The Morgan fingerprint density at radius 1 is 0.902 bits per heavy atom. The number of hydrogen-bond acceptors (Lipinski definition) is 4. The molecule has 2 amide bonds. The van der Waals surface area contributed by atoms with E-state index in [1.165, 1.54) is 36.2 Å². The minimum absolute atomic E-state index is 0.00745. The first-order chi connectivity index (χ1) is 19.5. The van der Waals surface area contributed by atoms with Crippen LogP contribution in [-0.4, -0.2) is 55.1 Å². The number of nitrogens with one attached hydrogen (secondary N) is 1. The zero-order valence-electron chi connectivity index (χ0n) is 22.6. The largest absolute Gasteiger partial charge is 0.352 e. The lowest BCUT2D eigenvalue weighted by Gasteiger charge is -2.33. The Morgan fingerprint density at radius 3 is 2.20 bits per heavy atom. The van der Waals surface area contributed by atoms with Crippen LogP contribution in [0.25, 0.3) is 0 Å². The second kappa shape index (κ2) is 14.0. The van der Waals surface area contributed by atoms with Gasteiger partial charge in [0.1, 0.15) is 6.04 Å². The highest BCUT2D eigenvalue weighted by Crippen LogP contribution is 2.25. The molecule has 3 aromatic carbocycles. The minimum atomic E-state index is -4.00. The van der Waals surface area contributed by atoms with Gasteiger partial charge in [0.25, 0.3) is 0 Å². The molecule has 1 fully saturated rings. The molecule has 0 aromatic heterocycles. The van der Waals surface area contributed by atoms with Crippen LogP contribution >= 0.6 is 34.8 Å². The summed E-state index contributed by atoms with van der Waals surface area (Å²) in [6.45, 7) is -0.450. The summed E-state index contributed by atoms with van der Waals surface area (Å²) in [5.41, 5.74) is 1.52. The monoisotopic (exact) mass is 635 g/mol. The molecular weight excluding hydrogens is 605 g/mol. The first kappa shape index (κ1) is 31.3. The van der Waals surface area contributed by atoms with Gasteiger partial charge in [0.2, 0.25) is 21.8 Å². The van der Waals surface area contributed by atoms with Gasteiger partial charge in [-0.25, -0.2) is 8.42 Å². The molecule has 0 radical (unpaired) electrons. The number of nitrogens with zero attached hydrogens (tertiary/aromatic N) is 2. The summed E-state index contributed by atoms with van der Waals surface area (Å²) in [6.07, 6.45) is 4.08. The van der Waals surface area contributed by atoms with Crippen molar-refractivity contribution in [3.63, 3.8) is 0 Å². The quantitative estimate of drug-likeness (QED) is 0.281. The average molecular weight is 637 g/mol. The molecule has 3 aromatic rings. The number of likely N-dealkylation sites (N-methyl/N-ethyl adjacent to an activating group) is 1. The van der Waals surface area contributed by atoms with Crippen molar-refractivity contribution in [2.75, 3.05) is 13.6 Å². The van der Waals surface area contributed by atoms with E-state index in [1.54, 1.807) is 18.2 Å². The van der Waals surface area contributed by atoms with Gasteiger partial charge in [0, 0.05) is 31.1 Å². The second-order valence-corrected chi connectivity index (χ2v) is 13.5.